The molecule has 0 unspecified atom stereocenters. The predicted octanol–water partition coefficient (Wildman–Crippen LogP) is 4.20. The van der Waals surface area contributed by atoms with Crippen molar-refractivity contribution < 1.29 is 8.78 Å². The van der Waals surface area contributed by atoms with Crippen LogP contribution in [0.3, 0.4) is 0 Å². The molecule has 0 atom stereocenters. The second-order valence-electron chi connectivity index (χ2n) is 6.92. The molecule has 6 nitrogen and oxygen atoms in total. The molecule has 1 aliphatic heterocycles. The van der Waals surface area contributed by atoms with E-state index < -0.39 is 12.5 Å². The first-order chi connectivity index (χ1) is 13.8. The molecule has 3 aromatic rings. The number of aryl methyl sites for hydroxylation is 1. The summed E-state index contributed by atoms with van der Waals surface area (Å²) in [5.41, 5.74) is 2.40. The van der Waals surface area contributed by atoms with Gasteiger partial charge in [0.1, 0.15) is 16.8 Å². The third kappa shape index (κ3) is 3.38. The number of alkyl halides is 2. The van der Waals surface area contributed by atoms with Gasteiger partial charge in [-0.25, -0.2) is 13.8 Å². The first-order valence-electron chi connectivity index (χ1n) is 8.90. The van der Waals surface area contributed by atoms with E-state index in [0.717, 1.165) is 0 Å². The van der Waals surface area contributed by atoms with Crippen molar-refractivity contribution >= 4 is 39.6 Å². The Bertz CT molecular complexity index is 1230. The molecule has 0 saturated heterocycles. The fourth-order valence-electron chi connectivity index (χ4n) is 3.54. The predicted molar refractivity (Wildman–Crippen MR) is 108 cm³/mol. The summed E-state index contributed by atoms with van der Waals surface area (Å²) < 4.78 is 29.3. The molecular formula is C20H16ClF2N5O. The van der Waals surface area contributed by atoms with Crippen molar-refractivity contribution in [1.29, 1.82) is 5.26 Å². The Hall–Kier alpha value is -3.18. The Morgan fingerprint density at radius 2 is 2.17 bits per heavy atom. The van der Waals surface area contributed by atoms with Gasteiger partial charge in [0.2, 0.25) is 0 Å². The summed E-state index contributed by atoms with van der Waals surface area (Å²) >= 11 is 5.98. The highest BCUT2D eigenvalue weighted by atomic mass is 35.5. The summed E-state index contributed by atoms with van der Waals surface area (Å²) in [6, 6.07) is 8.87. The first-order valence-corrected chi connectivity index (χ1v) is 9.27. The minimum Gasteiger partial charge on any atom is -0.378 e. The molecule has 1 aliphatic rings. The molecular weight excluding hydrogens is 400 g/mol. The van der Waals surface area contributed by atoms with Gasteiger partial charge in [0.05, 0.1) is 23.4 Å². The van der Waals surface area contributed by atoms with Gasteiger partial charge in [-0.3, -0.25) is 4.79 Å². The van der Waals surface area contributed by atoms with Crippen molar-refractivity contribution in [3.8, 4) is 6.07 Å². The third-order valence-corrected chi connectivity index (χ3v) is 5.34. The molecule has 0 radical (unpaired) electrons. The average molecular weight is 416 g/mol. The third-order valence-electron chi connectivity index (χ3n) is 5.05. The summed E-state index contributed by atoms with van der Waals surface area (Å²) in [6.07, 6.45) is 1.09. The molecule has 0 amide bonds. The number of nitrogens with zero attached hydrogens (tertiary/aromatic N) is 3. The van der Waals surface area contributed by atoms with Gasteiger partial charge in [0, 0.05) is 36.3 Å². The van der Waals surface area contributed by atoms with Crippen LogP contribution in [0.15, 0.2) is 35.3 Å². The number of rotatable bonds is 2. The Morgan fingerprint density at radius 3 is 2.93 bits per heavy atom. The lowest BCUT2D eigenvalue weighted by Gasteiger charge is -2.17. The first kappa shape index (κ1) is 19.2. The lowest BCUT2D eigenvalue weighted by molar-refractivity contribution is 0.00837. The normalized spacial score (nSPS) is 15.1. The van der Waals surface area contributed by atoms with Gasteiger partial charge in [0.25, 0.3) is 11.5 Å². The summed E-state index contributed by atoms with van der Waals surface area (Å²) in [5, 5.41) is 15.9. The molecule has 9 heteroatoms. The van der Waals surface area contributed by atoms with Crippen molar-refractivity contribution in [2.24, 2.45) is 7.05 Å². The van der Waals surface area contributed by atoms with E-state index in [1.807, 2.05) is 6.07 Å². The number of fused-ring (bicyclic) bond motifs is 3. The zero-order chi connectivity index (χ0) is 20.8. The molecule has 2 N–H and O–H groups in total. The highest BCUT2D eigenvalue weighted by Crippen LogP contribution is 2.34. The van der Waals surface area contributed by atoms with E-state index in [9.17, 15) is 18.8 Å². The summed E-state index contributed by atoms with van der Waals surface area (Å²) in [4.78, 5) is 16.6. The number of aromatic nitrogens is 2. The molecule has 3 heterocycles. The van der Waals surface area contributed by atoms with Crippen LogP contribution in [0.2, 0.25) is 5.15 Å². The Kier molecular flexibility index (Phi) is 4.63. The van der Waals surface area contributed by atoms with Crippen LogP contribution in [-0.4, -0.2) is 22.0 Å². The van der Waals surface area contributed by atoms with Crippen LogP contribution >= 0.6 is 11.6 Å². The molecule has 0 aliphatic carbocycles. The van der Waals surface area contributed by atoms with Gasteiger partial charge in [-0.1, -0.05) is 11.6 Å². The van der Waals surface area contributed by atoms with E-state index >= 15 is 0 Å². The summed E-state index contributed by atoms with van der Waals surface area (Å²) in [5.74, 6) is -2.89. The second-order valence-corrected chi connectivity index (χ2v) is 7.28. The molecule has 4 rings (SSSR count). The average Bonchev–Trinajstić information content (AvgIpc) is 2.85. The van der Waals surface area contributed by atoms with Crippen LogP contribution in [0.25, 0.3) is 10.9 Å². The van der Waals surface area contributed by atoms with Gasteiger partial charge in [-0.2, -0.15) is 5.26 Å². The van der Waals surface area contributed by atoms with Crippen LogP contribution in [0.5, 0.6) is 0 Å². The summed E-state index contributed by atoms with van der Waals surface area (Å²) in [7, 11) is 1.62. The van der Waals surface area contributed by atoms with Crippen molar-refractivity contribution in [1.82, 2.24) is 9.55 Å². The lowest BCUT2D eigenvalue weighted by Crippen LogP contribution is -2.25. The monoisotopic (exact) mass is 415 g/mol. The zero-order valence-electron chi connectivity index (χ0n) is 15.4. The van der Waals surface area contributed by atoms with Crippen LogP contribution < -0.4 is 16.2 Å². The smallest absolute Gasteiger partial charge is 0.265 e. The Labute approximate surface area is 169 Å². The van der Waals surface area contributed by atoms with Crippen molar-refractivity contribution in [2.45, 2.75) is 18.8 Å². The SMILES string of the molecule is Cn1c(=O)c2c(c3cc(Nc4ccnc(Cl)c4C#N)ccc31)NCC(F)(F)CC2. The number of benzene rings is 1. The quantitative estimate of drug-likeness (QED) is 0.613. The van der Waals surface area contributed by atoms with Crippen LogP contribution in [0.1, 0.15) is 17.5 Å². The maximum Gasteiger partial charge on any atom is 0.265 e. The van der Waals surface area contributed by atoms with E-state index in [1.54, 1.807) is 31.3 Å². The topological polar surface area (TPSA) is 82.7 Å². The number of nitriles is 1. The van der Waals surface area contributed by atoms with Gasteiger partial charge < -0.3 is 15.2 Å². The van der Waals surface area contributed by atoms with Gasteiger partial charge in [-0.05, 0) is 30.7 Å². The van der Waals surface area contributed by atoms with Crippen LogP contribution in [0.4, 0.5) is 25.8 Å². The minimum absolute atomic E-state index is 0.00581. The van der Waals surface area contributed by atoms with E-state index in [2.05, 4.69) is 15.6 Å². The number of hydrogen-bond donors (Lipinski definition) is 2. The van der Waals surface area contributed by atoms with Crippen LogP contribution in [-0.2, 0) is 13.5 Å². The van der Waals surface area contributed by atoms with Gasteiger partial charge in [0.15, 0.2) is 0 Å². The molecule has 29 heavy (non-hydrogen) atoms. The van der Waals surface area contributed by atoms with Crippen LogP contribution in [0, 0.1) is 11.3 Å². The molecule has 0 saturated carbocycles. The molecule has 148 valence electrons. The van der Waals surface area contributed by atoms with Gasteiger partial charge in [-0.15, -0.1) is 0 Å². The molecule has 1 aromatic carbocycles. The van der Waals surface area contributed by atoms with E-state index in [4.69, 9.17) is 11.6 Å². The maximum absolute atomic E-state index is 13.9. The van der Waals surface area contributed by atoms with Crippen molar-refractivity contribution in [3.63, 3.8) is 0 Å². The zero-order valence-corrected chi connectivity index (χ0v) is 16.1. The highest BCUT2D eigenvalue weighted by molar-refractivity contribution is 6.31. The van der Waals surface area contributed by atoms with E-state index in [-0.39, 0.29) is 29.1 Å². The van der Waals surface area contributed by atoms with Crippen molar-refractivity contribution in [2.75, 3.05) is 17.2 Å². The number of hydrogen-bond acceptors (Lipinski definition) is 5. The van der Waals surface area contributed by atoms with E-state index in [0.29, 0.717) is 33.5 Å². The number of pyridine rings is 2. The number of nitrogens with one attached hydrogen (secondary N) is 2. The number of anilines is 3. The molecule has 0 fully saturated rings. The fraction of sp³-hybridized carbons (Fsp3) is 0.250. The highest BCUT2D eigenvalue weighted by Gasteiger charge is 2.33. The second kappa shape index (κ2) is 7.01. The Balaban J connectivity index is 1.86. The summed E-state index contributed by atoms with van der Waals surface area (Å²) in [6.45, 7) is -0.529. The lowest BCUT2D eigenvalue weighted by atomic mass is 10.0. The minimum atomic E-state index is -2.89. The standard InChI is InChI=1S/C20H16ClF2N5O/c1-28-16-3-2-11(27-15-5-7-25-18(21)14(15)9-24)8-13(16)17-12(19(28)29)4-6-20(22,23)10-26-17/h2-3,5,7-8,26H,4,6,10H2,1H3,(H,25,27). The molecule has 2 aromatic heterocycles. The van der Waals surface area contributed by atoms with Crippen molar-refractivity contribution in [3.05, 3.63) is 57.1 Å². The number of halogens is 3. The fourth-order valence-corrected chi connectivity index (χ4v) is 3.74. The van der Waals surface area contributed by atoms with E-state index in [1.165, 1.54) is 10.8 Å². The maximum atomic E-state index is 13.9. The largest absolute Gasteiger partial charge is 0.378 e. The Morgan fingerprint density at radius 1 is 1.38 bits per heavy atom. The van der Waals surface area contributed by atoms with Gasteiger partial charge >= 0.3 is 0 Å². The molecule has 0 spiro atoms. The molecule has 0 bridgehead atoms.